The zero-order chi connectivity index (χ0) is 26.1. The molecule has 36 heavy (non-hydrogen) atoms. The number of ether oxygens (including phenoxy) is 2. The zero-order valence-corrected chi connectivity index (χ0v) is 22.2. The molecule has 0 heterocycles. The number of hydrogen-bond donors (Lipinski definition) is 1. The summed E-state index contributed by atoms with van der Waals surface area (Å²) in [4.78, 5) is 14.6. The first kappa shape index (κ1) is 27.5. The Bertz CT molecular complexity index is 1250. The van der Waals surface area contributed by atoms with Crippen LogP contribution in [0.4, 0.5) is 0 Å². The third-order valence-electron chi connectivity index (χ3n) is 5.44. The predicted octanol–water partition coefficient (Wildman–Crippen LogP) is 4.89. The van der Waals surface area contributed by atoms with Gasteiger partial charge in [-0.1, -0.05) is 61.8 Å². The molecule has 192 valence electrons. The first-order chi connectivity index (χ1) is 17.2. The molecule has 3 aromatic rings. The molecule has 9 heteroatoms. The van der Waals surface area contributed by atoms with Crippen molar-refractivity contribution in [2.24, 2.45) is 5.92 Å². The van der Waals surface area contributed by atoms with E-state index < -0.39 is 10.0 Å². The SMILES string of the molecule is COc1cc(CN(CCNS(=O)(=O)c2ccc(Cl)cc2)C(=O)C(C)C)ccc1OCc1ccccc1. The minimum absolute atomic E-state index is 0.0683. The van der Waals surface area contributed by atoms with E-state index >= 15 is 0 Å². The maximum Gasteiger partial charge on any atom is 0.240 e. The highest BCUT2D eigenvalue weighted by atomic mass is 35.5. The number of nitrogens with one attached hydrogen (secondary N) is 1. The van der Waals surface area contributed by atoms with Gasteiger partial charge in [0.05, 0.1) is 12.0 Å². The maximum atomic E-state index is 12.9. The summed E-state index contributed by atoms with van der Waals surface area (Å²) in [6.07, 6.45) is 0. The summed E-state index contributed by atoms with van der Waals surface area (Å²) in [5, 5.41) is 0.453. The van der Waals surface area contributed by atoms with E-state index in [9.17, 15) is 13.2 Å². The van der Waals surface area contributed by atoms with Crippen LogP contribution >= 0.6 is 11.6 Å². The van der Waals surface area contributed by atoms with Crippen molar-refractivity contribution in [2.45, 2.75) is 31.9 Å². The fourth-order valence-electron chi connectivity index (χ4n) is 3.53. The summed E-state index contributed by atoms with van der Waals surface area (Å²) >= 11 is 5.85. The highest BCUT2D eigenvalue weighted by molar-refractivity contribution is 7.89. The molecule has 0 unspecified atom stereocenters. The lowest BCUT2D eigenvalue weighted by Crippen LogP contribution is -2.40. The Morgan fingerprint density at radius 2 is 1.67 bits per heavy atom. The summed E-state index contributed by atoms with van der Waals surface area (Å²) in [6.45, 7) is 4.61. The van der Waals surface area contributed by atoms with Gasteiger partial charge in [0, 0.05) is 30.6 Å². The van der Waals surface area contributed by atoms with Crippen molar-refractivity contribution in [2.75, 3.05) is 20.2 Å². The number of hydrogen-bond acceptors (Lipinski definition) is 5. The molecule has 1 N–H and O–H groups in total. The van der Waals surface area contributed by atoms with Gasteiger partial charge in [-0.2, -0.15) is 0 Å². The van der Waals surface area contributed by atoms with Crippen molar-refractivity contribution in [1.29, 1.82) is 0 Å². The van der Waals surface area contributed by atoms with Gasteiger partial charge in [0.2, 0.25) is 15.9 Å². The summed E-state index contributed by atoms with van der Waals surface area (Å²) in [7, 11) is -2.15. The van der Waals surface area contributed by atoms with Gasteiger partial charge in [0.25, 0.3) is 0 Å². The molecule has 1 amide bonds. The molecule has 3 aromatic carbocycles. The van der Waals surface area contributed by atoms with Crippen LogP contribution in [0.5, 0.6) is 11.5 Å². The van der Waals surface area contributed by atoms with Gasteiger partial charge in [-0.05, 0) is 47.5 Å². The minimum Gasteiger partial charge on any atom is -0.493 e. The van der Waals surface area contributed by atoms with E-state index in [1.165, 1.54) is 24.3 Å². The third kappa shape index (κ3) is 7.71. The lowest BCUT2D eigenvalue weighted by molar-refractivity contribution is -0.135. The highest BCUT2D eigenvalue weighted by Gasteiger charge is 2.20. The van der Waals surface area contributed by atoms with Crippen molar-refractivity contribution in [3.8, 4) is 11.5 Å². The standard InChI is InChI=1S/C27H31ClN2O5S/c1-20(2)27(31)30(16-15-29-36(32,33)24-12-10-23(28)11-13-24)18-22-9-14-25(26(17-22)34-3)35-19-21-7-5-4-6-8-21/h4-14,17,20,29H,15-16,18-19H2,1-3H3. The Hall–Kier alpha value is -3.07. The van der Waals surface area contributed by atoms with Crippen molar-refractivity contribution in [1.82, 2.24) is 9.62 Å². The van der Waals surface area contributed by atoms with Gasteiger partial charge in [-0.3, -0.25) is 4.79 Å². The number of carbonyl (C=O) groups is 1. The summed E-state index contributed by atoms with van der Waals surface area (Å²) in [5.74, 6) is 0.837. The van der Waals surface area contributed by atoms with E-state index in [0.29, 0.717) is 29.7 Å². The van der Waals surface area contributed by atoms with Crippen LogP contribution in [0.15, 0.2) is 77.7 Å². The van der Waals surface area contributed by atoms with Gasteiger partial charge in [-0.25, -0.2) is 13.1 Å². The largest absolute Gasteiger partial charge is 0.493 e. The minimum atomic E-state index is -3.72. The predicted molar refractivity (Wildman–Crippen MR) is 141 cm³/mol. The lowest BCUT2D eigenvalue weighted by atomic mass is 10.1. The van der Waals surface area contributed by atoms with E-state index in [-0.39, 0.29) is 29.8 Å². The highest BCUT2D eigenvalue weighted by Crippen LogP contribution is 2.29. The molecule has 0 spiro atoms. The lowest BCUT2D eigenvalue weighted by Gasteiger charge is -2.25. The van der Waals surface area contributed by atoms with E-state index in [0.717, 1.165) is 11.1 Å². The molecule has 0 bridgehead atoms. The molecule has 7 nitrogen and oxygen atoms in total. The van der Waals surface area contributed by atoms with Crippen molar-refractivity contribution >= 4 is 27.5 Å². The van der Waals surface area contributed by atoms with Crippen LogP contribution in [0.1, 0.15) is 25.0 Å². The fraction of sp³-hybridized carbons (Fsp3) is 0.296. The smallest absolute Gasteiger partial charge is 0.240 e. The summed E-state index contributed by atoms with van der Waals surface area (Å²) in [5.41, 5.74) is 1.88. The van der Waals surface area contributed by atoms with Gasteiger partial charge >= 0.3 is 0 Å². The van der Waals surface area contributed by atoms with Crippen LogP contribution in [-0.2, 0) is 28.0 Å². The molecule has 0 aromatic heterocycles. The number of rotatable bonds is 12. The van der Waals surface area contributed by atoms with Crippen molar-refractivity contribution in [3.63, 3.8) is 0 Å². The summed E-state index contributed by atoms with van der Waals surface area (Å²) in [6, 6.07) is 21.3. The second-order valence-corrected chi connectivity index (χ2v) is 10.7. The van der Waals surface area contributed by atoms with Crippen molar-refractivity contribution < 1.29 is 22.7 Å². The van der Waals surface area contributed by atoms with Gasteiger partial charge < -0.3 is 14.4 Å². The number of sulfonamides is 1. The topological polar surface area (TPSA) is 84.9 Å². The molecule has 0 atom stereocenters. The Labute approximate surface area is 218 Å². The number of carbonyl (C=O) groups excluding carboxylic acids is 1. The molecule has 0 saturated carbocycles. The van der Waals surface area contributed by atoms with Crippen LogP contribution in [0.2, 0.25) is 5.02 Å². The van der Waals surface area contributed by atoms with Crippen molar-refractivity contribution in [3.05, 3.63) is 88.9 Å². The van der Waals surface area contributed by atoms with Gasteiger partial charge in [-0.15, -0.1) is 0 Å². The first-order valence-electron chi connectivity index (χ1n) is 11.6. The number of amides is 1. The second kappa shape index (κ2) is 12.8. The average Bonchev–Trinajstić information content (AvgIpc) is 2.87. The molecular weight excluding hydrogens is 500 g/mol. The quantitative estimate of drug-likeness (QED) is 0.360. The Morgan fingerprint density at radius 3 is 2.31 bits per heavy atom. The molecule has 0 fully saturated rings. The van der Waals surface area contributed by atoms with Gasteiger partial charge in [0.15, 0.2) is 11.5 Å². The van der Waals surface area contributed by atoms with E-state index in [1.54, 1.807) is 12.0 Å². The van der Waals surface area contributed by atoms with E-state index in [2.05, 4.69) is 4.72 Å². The van der Waals surface area contributed by atoms with Crippen LogP contribution in [0, 0.1) is 5.92 Å². The second-order valence-electron chi connectivity index (χ2n) is 8.53. The third-order valence-corrected chi connectivity index (χ3v) is 7.17. The van der Waals surface area contributed by atoms with Crippen LogP contribution < -0.4 is 14.2 Å². The number of benzene rings is 3. The average molecular weight is 531 g/mol. The Morgan fingerprint density at radius 1 is 0.972 bits per heavy atom. The molecule has 3 rings (SSSR count). The van der Waals surface area contributed by atoms with Crippen LogP contribution in [0.25, 0.3) is 0 Å². The monoisotopic (exact) mass is 530 g/mol. The molecule has 0 saturated heterocycles. The fourth-order valence-corrected chi connectivity index (χ4v) is 4.68. The first-order valence-corrected chi connectivity index (χ1v) is 13.4. The number of halogens is 1. The molecule has 0 aliphatic heterocycles. The molecule has 0 aliphatic carbocycles. The molecule has 0 radical (unpaired) electrons. The molecule has 0 aliphatic rings. The number of nitrogens with zero attached hydrogens (tertiary/aromatic N) is 1. The number of methoxy groups -OCH3 is 1. The molecular formula is C27H31ClN2O5S. The van der Waals surface area contributed by atoms with Crippen LogP contribution in [0.3, 0.4) is 0 Å². The van der Waals surface area contributed by atoms with Gasteiger partial charge in [0.1, 0.15) is 6.61 Å². The Balaban J connectivity index is 1.67. The van der Waals surface area contributed by atoms with E-state index in [1.807, 2.05) is 62.4 Å². The normalized spacial score (nSPS) is 11.4. The Kier molecular flexibility index (Phi) is 9.75. The maximum absolute atomic E-state index is 12.9. The van der Waals surface area contributed by atoms with E-state index in [4.69, 9.17) is 21.1 Å². The van der Waals surface area contributed by atoms with Crippen LogP contribution in [-0.4, -0.2) is 39.4 Å². The summed E-state index contributed by atoms with van der Waals surface area (Å²) < 4.78 is 39.2. The zero-order valence-electron chi connectivity index (χ0n) is 20.6.